The van der Waals surface area contributed by atoms with Crippen molar-refractivity contribution in [3.63, 3.8) is 0 Å². The van der Waals surface area contributed by atoms with Crippen LogP contribution in [0.5, 0.6) is 0 Å². The molecule has 128 valence electrons. The quantitative estimate of drug-likeness (QED) is 0.558. The second-order valence-electron chi connectivity index (χ2n) is 5.07. The van der Waals surface area contributed by atoms with Crippen LogP contribution >= 0.6 is 12.4 Å². The molecule has 0 fully saturated rings. The van der Waals surface area contributed by atoms with Crippen molar-refractivity contribution in [1.82, 2.24) is 5.32 Å². The van der Waals surface area contributed by atoms with E-state index in [1.165, 1.54) is 31.2 Å². The Morgan fingerprint density at radius 1 is 1.25 bits per heavy atom. The molecular formula is C15H15ClN2O6. The summed E-state index contributed by atoms with van der Waals surface area (Å²) < 4.78 is 0. The van der Waals surface area contributed by atoms with Gasteiger partial charge in [0.25, 0.3) is 5.69 Å². The molecule has 24 heavy (non-hydrogen) atoms. The van der Waals surface area contributed by atoms with E-state index in [4.69, 9.17) is 0 Å². The fourth-order valence-electron chi connectivity index (χ4n) is 2.64. The number of dihydropyridines is 1. The molecule has 0 aliphatic carbocycles. The van der Waals surface area contributed by atoms with E-state index < -0.39 is 22.9 Å². The summed E-state index contributed by atoms with van der Waals surface area (Å²) in [6.45, 7) is 3.11. The van der Waals surface area contributed by atoms with Gasteiger partial charge in [-0.1, -0.05) is 12.1 Å². The molecule has 1 aromatic rings. The molecule has 1 unspecified atom stereocenters. The molecule has 8 nitrogen and oxygen atoms in total. The molecule has 1 atom stereocenters. The first-order valence-electron chi connectivity index (χ1n) is 6.67. The Balaban J connectivity index is 0.00000288. The van der Waals surface area contributed by atoms with Gasteiger partial charge >= 0.3 is 11.9 Å². The molecule has 0 spiro atoms. The molecule has 0 saturated carbocycles. The highest BCUT2D eigenvalue weighted by Gasteiger charge is 2.33. The predicted octanol–water partition coefficient (Wildman–Crippen LogP) is 2.21. The topological polar surface area (TPSA) is 130 Å². The molecule has 1 aliphatic rings. The molecule has 3 N–H and O–H groups in total. The van der Waals surface area contributed by atoms with Crippen LogP contribution in [0.1, 0.15) is 19.4 Å². The summed E-state index contributed by atoms with van der Waals surface area (Å²) in [6.07, 6.45) is 0. The van der Waals surface area contributed by atoms with Crippen LogP contribution in [0.15, 0.2) is 41.1 Å². The third-order valence-corrected chi connectivity index (χ3v) is 3.55. The third kappa shape index (κ3) is 3.38. The largest absolute Gasteiger partial charge is 0.478 e. The van der Waals surface area contributed by atoms with E-state index in [-0.39, 0.29) is 40.4 Å². The van der Waals surface area contributed by atoms with Crippen LogP contribution in [0, 0.1) is 10.1 Å². The van der Waals surface area contributed by atoms with E-state index in [1.807, 2.05) is 0 Å². The maximum Gasteiger partial charge on any atom is 0.338 e. The van der Waals surface area contributed by atoms with E-state index >= 15 is 0 Å². The maximum atomic E-state index is 11.6. The first kappa shape index (κ1) is 19.2. The Morgan fingerprint density at radius 3 is 2.38 bits per heavy atom. The van der Waals surface area contributed by atoms with Gasteiger partial charge in [0.05, 0.1) is 22.1 Å². The average Bonchev–Trinajstić information content (AvgIpc) is 2.45. The van der Waals surface area contributed by atoms with Gasteiger partial charge in [0.15, 0.2) is 0 Å². The highest BCUT2D eigenvalue weighted by atomic mass is 35.5. The minimum Gasteiger partial charge on any atom is -0.478 e. The van der Waals surface area contributed by atoms with Crippen molar-refractivity contribution < 1.29 is 24.7 Å². The number of non-ortho nitro benzene ring substituents is 1. The molecular weight excluding hydrogens is 340 g/mol. The number of nitrogens with zero attached hydrogens (tertiary/aromatic N) is 1. The normalized spacial score (nSPS) is 17.0. The van der Waals surface area contributed by atoms with Gasteiger partial charge in [-0.15, -0.1) is 12.4 Å². The summed E-state index contributed by atoms with van der Waals surface area (Å²) in [5.74, 6) is -2.58. The van der Waals surface area contributed by atoms with Crippen molar-refractivity contribution in [2.75, 3.05) is 0 Å². The van der Waals surface area contributed by atoms with E-state index in [2.05, 4.69) is 5.32 Å². The lowest BCUT2D eigenvalue weighted by Crippen LogP contribution is -2.36. The third-order valence-electron chi connectivity index (χ3n) is 3.55. The summed E-state index contributed by atoms with van der Waals surface area (Å²) in [7, 11) is 0. The zero-order valence-corrected chi connectivity index (χ0v) is 13.6. The number of benzene rings is 1. The lowest BCUT2D eigenvalue weighted by Gasteiger charge is -2.27. The van der Waals surface area contributed by atoms with Gasteiger partial charge in [0.1, 0.15) is 0 Å². The van der Waals surface area contributed by atoms with Crippen LogP contribution in [-0.2, 0) is 9.59 Å². The molecule has 0 radical (unpaired) electrons. The minimum absolute atomic E-state index is 0. The molecule has 9 heteroatoms. The molecule has 1 heterocycles. The van der Waals surface area contributed by atoms with Gasteiger partial charge in [-0.05, 0) is 19.4 Å². The number of halogens is 1. The van der Waals surface area contributed by atoms with Crippen molar-refractivity contribution >= 4 is 35.6 Å². The number of nitrogens with one attached hydrogen (secondary N) is 1. The Bertz CT molecular complexity index is 784. The molecule has 0 saturated heterocycles. The number of carboxylic acid groups (broad SMARTS) is 2. The number of nitro benzene ring substituents is 1. The Kier molecular flexibility index (Phi) is 5.70. The predicted molar refractivity (Wildman–Crippen MR) is 87.8 cm³/mol. The Labute approximate surface area is 143 Å². The van der Waals surface area contributed by atoms with Crippen LogP contribution in [-0.4, -0.2) is 33.1 Å². The molecule has 2 rings (SSSR count). The van der Waals surface area contributed by atoms with Crippen LogP contribution in [0.4, 0.5) is 5.69 Å². The summed E-state index contributed by atoms with van der Waals surface area (Å²) in [4.78, 5) is 33.5. The number of aliphatic carboxylic acids is 2. The fraction of sp³-hybridized carbons (Fsp3) is 0.200. The number of allylic oxidation sites excluding steroid dienone is 1. The number of carbonyl (C=O) groups is 2. The standard InChI is InChI=1S/C15H14N2O6.ClH/c1-7-11(14(18)19)13(12(15(20)21)8(2)16-7)9-4-3-5-10(6-9)17(22)23;/h3-7,16H,1-2H3,(H,18,19)(H,20,21);1H. The molecule has 0 amide bonds. The molecule has 0 bridgehead atoms. The van der Waals surface area contributed by atoms with Gasteiger partial charge in [0.2, 0.25) is 0 Å². The lowest BCUT2D eigenvalue weighted by atomic mass is 9.85. The van der Waals surface area contributed by atoms with Crippen molar-refractivity contribution in [3.05, 3.63) is 56.8 Å². The van der Waals surface area contributed by atoms with Gasteiger partial charge in [0, 0.05) is 23.4 Å². The van der Waals surface area contributed by atoms with Crippen LogP contribution < -0.4 is 5.32 Å². The van der Waals surface area contributed by atoms with E-state index in [9.17, 15) is 29.9 Å². The van der Waals surface area contributed by atoms with Crippen molar-refractivity contribution in [2.45, 2.75) is 19.9 Å². The summed E-state index contributed by atoms with van der Waals surface area (Å²) in [5, 5.41) is 32.6. The van der Waals surface area contributed by atoms with Gasteiger partial charge in [-0.2, -0.15) is 0 Å². The van der Waals surface area contributed by atoms with Gasteiger partial charge < -0.3 is 15.5 Å². The molecule has 1 aromatic carbocycles. The maximum absolute atomic E-state index is 11.6. The van der Waals surface area contributed by atoms with Crippen LogP contribution in [0.25, 0.3) is 5.57 Å². The first-order valence-corrected chi connectivity index (χ1v) is 6.67. The highest BCUT2D eigenvalue weighted by Crippen LogP contribution is 2.35. The molecule has 1 aliphatic heterocycles. The van der Waals surface area contributed by atoms with Crippen LogP contribution in [0.2, 0.25) is 0 Å². The van der Waals surface area contributed by atoms with Crippen molar-refractivity contribution in [1.29, 1.82) is 0 Å². The second kappa shape index (κ2) is 7.14. The smallest absolute Gasteiger partial charge is 0.338 e. The highest BCUT2D eigenvalue weighted by molar-refractivity contribution is 6.13. The van der Waals surface area contributed by atoms with Gasteiger partial charge in [-0.3, -0.25) is 10.1 Å². The zero-order valence-electron chi connectivity index (χ0n) is 12.8. The lowest BCUT2D eigenvalue weighted by molar-refractivity contribution is -0.384. The number of carboxylic acids is 2. The SMILES string of the molecule is CC1=C(C(=O)O)C(c2cccc([N+](=O)[O-])c2)=C(C(=O)O)C(C)N1.Cl. The summed E-state index contributed by atoms with van der Waals surface area (Å²) in [6, 6.07) is 4.64. The molecule has 0 aromatic heterocycles. The average molecular weight is 355 g/mol. The van der Waals surface area contributed by atoms with Crippen LogP contribution in [0.3, 0.4) is 0 Å². The van der Waals surface area contributed by atoms with Crippen molar-refractivity contribution in [2.24, 2.45) is 0 Å². The van der Waals surface area contributed by atoms with E-state index in [0.717, 1.165) is 0 Å². The summed E-state index contributed by atoms with van der Waals surface area (Å²) in [5.41, 5.74) is -0.126. The number of hydrogen-bond donors (Lipinski definition) is 3. The number of rotatable bonds is 4. The van der Waals surface area contributed by atoms with Crippen molar-refractivity contribution in [3.8, 4) is 0 Å². The Hall–Kier alpha value is -2.87. The van der Waals surface area contributed by atoms with E-state index in [0.29, 0.717) is 5.70 Å². The summed E-state index contributed by atoms with van der Waals surface area (Å²) >= 11 is 0. The number of hydrogen-bond acceptors (Lipinski definition) is 5. The Morgan fingerprint density at radius 2 is 1.88 bits per heavy atom. The second-order valence-corrected chi connectivity index (χ2v) is 5.07. The van der Waals surface area contributed by atoms with Gasteiger partial charge in [-0.25, -0.2) is 9.59 Å². The van der Waals surface area contributed by atoms with E-state index in [1.54, 1.807) is 6.92 Å². The fourth-order valence-corrected chi connectivity index (χ4v) is 2.64. The zero-order chi connectivity index (χ0) is 17.3. The first-order chi connectivity index (χ1) is 10.7. The minimum atomic E-state index is -1.30. The number of nitro groups is 1. The monoisotopic (exact) mass is 354 g/mol.